The number of halogens is 1. The van der Waals surface area contributed by atoms with Crippen LogP contribution in [0.4, 0.5) is 10.2 Å². The number of hydrogen-bond acceptors (Lipinski definition) is 6. The van der Waals surface area contributed by atoms with Crippen LogP contribution in [0.5, 0.6) is 0 Å². The van der Waals surface area contributed by atoms with Gasteiger partial charge in [0.1, 0.15) is 22.0 Å². The highest BCUT2D eigenvalue weighted by molar-refractivity contribution is 7.92. The second-order valence-electron chi connectivity index (χ2n) is 9.00. The van der Waals surface area contributed by atoms with Crippen LogP contribution in [0.15, 0.2) is 70.7 Å². The molecule has 0 atom stereocenters. The number of amides is 2. The zero-order valence-corrected chi connectivity index (χ0v) is 19.9. The monoisotopic (exact) mass is 504 g/mol. The van der Waals surface area contributed by atoms with Gasteiger partial charge in [-0.05, 0) is 43.2 Å². The molecule has 0 spiro atoms. The SMILES string of the molecule is O=C1c2ccccc2C(=O)N1c1c(S(=O)(=O)c2cccc(F)c2)c2nccnc2n1C1CCCCC1. The van der Waals surface area contributed by atoms with E-state index in [0.717, 1.165) is 49.1 Å². The Labute approximate surface area is 206 Å². The van der Waals surface area contributed by atoms with Crippen molar-refractivity contribution in [2.24, 2.45) is 0 Å². The molecule has 3 heterocycles. The lowest BCUT2D eigenvalue weighted by molar-refractivity contribution is 0.0922. The second kappa shape index (κ2) is 8.34. The molecule has 36 heavy (non-hydrogen) atoms. The maximum Gasteiger partial charge on any atom is 0.267 e. The summed E-state index contributed by atoms with van der Waals surface area (Å²) in [4.78, 5) is 36.3. The molecule has 1 aliphatic carbocycles. The quantitative estimate of drug-likeness (QED) is 0.373. The van der Waals surface area contributed by atoms with E-state index in [1.807, 2.05) is 0 Å². The van der Waals surface area contributed by atoms with Gasteiger partial charge in [-0.2, -0.15) is 0 Å². The number of benzene rings is 2. The first-order chi connectivity index (χ1) is 17.4. The lowest BCUT2D eigenvalue weighted by atomic mass is 9.95. The summed E-state index contributed by atoms with van der Waals surface area (Å²) in [5, 5.41) is 0. The number of sulfone groups is 1. The number of fused-ring (bicyclic) bond motifs is 2. The summed E-state index contributed by atoms with van der Waals surface area (Å²) in [5.41, 5.74) is 0.695. The van der Waals surface area contributed by atoms with E-state index in [0.29, 0.717) is 0 Å². The first-order valence-electron chi connectivity index (χ1n) is 11.7. The van der Waals surface area contributed by atoms with Crippen LogP contribution >= 0.6 is 0 Å². The third-order valence-corrected chi connectivity index (χ3v) is 8.66. The van der Waals surface area contributed by atoms with Crippen LogP contribution in [0, 0.1) is 5.82 Å². The first kappa shape index (κ1) is 22.5. The molecule has 0 radical (unpaired) electrons. The van der Waals surface area contributed by atoms with Crippen LogP contribution < -0.4 is 4.90 Å². The molecule has 2 aromatic heterocycles. The third-order valence-electron chi connectivity index (χ3n) is 6.87. The number of carbonyl (C=O) groups is 2. The lowest BCUT2D eigenvalue weighted by Crippen LogP contribution is -2.33. The van der Waals surface area contributed by atoms with Crippen molar-refractivity contribution in [3.8, 4) is 0 Å². The Morgan fingerprint density at radius 1 is 0.861 bits per heavy atom. The second-order valence-corrected chi connectivity index (χ2v) is 10.9. The Balaban J connectivity index is 1.70. The molecule has 2 aliphatic rings. The molecule has 10 heteroatoms. The van der Waals surface area contributed by atoms with Gasteiger partial charge in [-0.3, -0.25) is 9.59 Å². The van der Waals surface area contributed by atoms with Crippen molar-refractivity contribution in [2.75, 3.05) is 4.90 Å². The van der Waals surface area contributed by atoms with Gasteiger partial charge in [-0.15, -0.1) is 0 Å². The number of aromatic nitrogens is 3. The van der Waals surface area contributed by atoms with Crippen molar-refractivity contribution >= 4 is 38.6 Å². The molecule has 2 aromatic carbocycles. The van der Waals surface area contributed by atoms with Crippen molar-refractivity contribution < 1.29 is 22.4 Å². The average Bonchev–Trinajstić information content (AvgIpc) is 3.36. The van der Waals surface area contributed by atoms with E-state index >= 15 is 0 Å². The number of hydrogen-bond donors (Lipinski definition) is 0. The maximum atomic E-state index is 14.1. The molecule has 8 nitrogen and oxygen atoms in total. The lowest BCUT2D eigenvalue weighted by Gasteiger charge is -2.28. The molecular formula is C26H21FN4O4S. The molecule has 2 amide bonds. The molecule has 1 fully saturated rings. The van der Waals surface area contributed by atoms with Crippen LogP contribution in [0.1, 0.15) is 58.9 Å². The van der Waals surface area contributed by atoms with Gasteiger partial charge >= 0.3 is 0 Å². The number of carbonyl (C=O) groups excluding carboxylic acids is 2. The van der Waals surface area contributed by atoms with E-state index in [1.54, 1.807) is 28.8 Å². The van der Waals surface area contributed by atoms with Crippen molar-refractivity contribution in [3.05, 3.63) is 77.9 Å². The molecule has 0 N–H and O–H groups in total. The van der Waals surface area contributed by atoms with Gasteiger partial charge in [-0.1, -0.05) is 37.5 Å². The molecule has 1 aliphatic heterocycles. The molecule has 0 bridgehead atoms. The fourth-order valence-corrected chi connectivity index (χ4v) is 6.85. The minimum absolute atomic E-state index is 0.0406. The van der Waals surface area contributed by atoms with Gasteiger partial charge in [0.15, 0.2) is 5.65 Å². The number of imide groups is 1. The van der Waals surface area contributed by atoms with E-state index in [4.69, 9.17) is 0 Å². The summed E-state index contributed by atoms with van der Waals surface area (Å²) in [6.07, 6.45) is 7.15. The predicted molar refractivity (Wildman–Crippen MR) is 129 cm³/mol. The number of anilines is 1. The zero-order valence-electron chi connectivity index (χ0n) is 19.1. The molecule has 4 aromatic rings. The highest BCUT2D eigenvalue weighted by Crippen LogP contribution is 2.45. The fraction of sp³-hybridized carbons (Fsp3) is 0.231. The standard InChI is InChI=1S/C26H21FN4O4S/c27-16-7-6-10-18(15-16)36(34,35)22-21-23(29-14-13-28-21)30(17-8-2-1-3-9-17)24(22)31-25(32)19-11-4-5-12-20(19)26(31)33/h4-7,10-15,17H,1-3,8-9H2. The van der Waals surface area contributed by atoms with Crippen LogP contribution in [-0.4, -0.2) is 34.8 Å². The normalized spacial score (nSPS) is 16.6. The molecule has 182 valence electrons. The minimum Gasteiger partial charge on any atom is -0.306 e. The molecule has 1 saturated carbocycles. The number of nitrogens with zero attached hydrogens (tertiary/aromatic N) is 4. The van der Waals surface area contributed by atoms with Gasteiger partial charge < -0.3 is 4.57 Å². The van der Waals surface area contributed by atoms with Crippen LogP contribution in [0.3, 0.4) is 0 Å². The first-order valence-corrected chi connectivity index (χ1v) is 13.2. The minimum atomic E-state index is -4.42. The van der Waals surface area contributed by atoms with Gasteiger partial charge in [0.2, 0.25) is 9.84 Å². The van der Waals surface area contributed by atoms with E-state index in [1.165, 1.54) is 24.5 Å². The van der Waals surface area contributed by atoms with Crippen LogP contribution in [0.25, 0.3) is 11.2 Å². The Morgan fingerprint density at radius 2 is 1.53 bits per heavy atom. The fourth-order valence-electron chi connectivity index (χ4n) is 5.26. The Morgan fingerprint density at radius 3 is 2.19 bits per heavy atom. The van der Waals surface area contributed by atoms with E-state index in [-0.39, 0.29) is 43.9 Å². The van der Waals surface area contributed by atoms with Gasteiger partial charge in [0.25, 0.3) is 11.8 Å². The van der Waals surface area contributed by atoms with Crippen molar-refractivity contribution in [2.45, 2.75) is 47.9 Å². The van der Waals surface area contributed by atoms with Gasteiger partial charge in [-0.25, -0.2) is 27.7 Å². The van der Waals surface area contributed by atoms with Crippen molar-refractivity contribution in [3.63, 3.8) is 0 Å². The summed E-state index contributed by atoms with van der Waals surface area (Å²) < 4.78 is 43.9. The maximum absolute atomic E-state index is 14.1. The largest absolute Gasteiger partial charge is 0.306 e. The van der Waals surface area contributed by atoms with E-state index in [9.17, 15) is 22.4 Å². The van der Waals surface area contributed by atoms with E-state index < -0.39 is 27.5 Å². The third kappa shape index (κ3) is 3.28. The average molecular weight is 505 g/mol. The Hall–Kier alpha value is -3.92. The molecule has 6 rings (SSSR count). The smallest absolute Gasteiger partial charge is 0.267 e. The van der Waals surface area contributed by atoms with Crippen LogP contribution in [0.2, 0.25) is 0 Å². The predicted octanol–water partition coefficient (Wildman–Crippen LogP) is 4.71. The molecule has 0 unspecified atom stereocenters. The zero-order chi connectivity index (χ0) is 25.0. The Kier molecular flexibility index (Phi) is 5.22. The van der Waals surface area contributed by atoms with E-state index in [2.05, 4.69) is 9.97 Å². The topological polar surface area (TPSA) is 102 Å². The van der Waals surface area contributed by atoms with Crippen molar-refractivity contribution in [1.29, 1.82) is 0 Å². The molecule has 0 saturated heterocycles. The summed E-state index contributed by atoms with van der Waals surface area (Å²) in [6.45, 7) is 0. The summed E-state index contributed by atoms with van der Waals surface area (Å²) >= 11 is 0. The van der Waals surface area contributed by atoms with Gasteiger partial charge in [0, 0.05) is 18.4 Å². The van der Waals surface area contributed by atoms with Crippen LogP contribution in [-0.2, 0) is 9.84 Å². The number of rotatable bonds is 4. The highest BCUT2D eigenvalue weighted by Gasteiger charge is 2.44. The van der Waals surface area contributed by atoms with Gasteiger partial charge in [0.05, 0.1) is 16.0 Å². The molecular weight excluding hydrogens is 483 g/mol. The summed E-state index contributed by atoms with van der Waals surface area (Å²) in [7, 11) is -4.42. The van der Waals surface area contributed by atoms with Crippen molar-refractivity contribution in [1.82, 2.24) is 14.5 Å². The summed E-state index contributed by atoms with van der Waals surface area (Å²) in [5.74, 6) is -2.05. The summed E-state index contributed by atoms with van der Waals surface area (Å²) in [6, 6.07) is 10.8. The Bertz CT molecular complexity index is 1620. The highest BCUT2D eigenvalue weighted by atomic mass is 32.2.